The summed E-state index contributed by atoms with van der Waals surface area (Å²) >= 11 is 1.96. The van der Waals surface area contributed by atoms with E-state index in [1.165, 1.54) is 32.2 Å². The van der Waals surface area contributed by atoms with Crippen LogP contribution < -0.4 is 5.32 Å². The van der Waals surface area contributed by atoms with E-state index in [0.717, 1.165) is 24.3 Å². The van der Waals surface area contributed by atoms with Crippen molar-refractivity contribution in [3.05, 3.63) is 22.4 Å². The van der Waals surface area contributed by atoms with Gasteiger partial charge in [-0.3, -0.25) is 0 Å². The molecule has 1 aromatic heterocycles. The lowest BCUT2D eigenvalue weighted by Crippen LogP contribution is -2.35. The number of thiophene rings is 1. The van der Waals surface area contributed by atoms with Gasteiger partial charge >= 0.3 is 0 Å². The van der Waals surface area contributed by atoms with Crippen LogP contribution in [0, 0.1) is 17.3 Å². The Morgan fingerprint density at radius 2 is 2.10 bits per heavy atom. The maximum absolute atomic E-state index is 3.65. The van der Waals surface area contributed by atoms with Gasteiger partial charge in [0.25, 0.3) is 0 Å². The van der Waals surface area contributed by atoms with E-state index in [-0.39, 0.29) is 0 Å². The van der Waals surface area contributed by atoms with Crippen LogP contribution in [0.15, 0.2) is 17.5 Å². The topological polar surface area (TPSA) is 12.0 Å². The fourth-order valence-corrected chi connectivity index (χ4v) is 4.51. The summed E-state index contributed by atoms with van der Waals surface area (Å²) in [5, 5.41) is 5.90. The first-order valence-corrected chi connectivity index (χ1v) is 9.14. The van der Waals surface area contributed by atoms with E-state index in [2.05, 4.69) is 50.5 Å². The molecular formula is C18H31NS. The fourth-order valence-electron chi connectivity index (χ4n) is 3.58. The first-order chi connectivity index (χ1) is 9.52. The average Bonchev–Trinajstić information content (AvgIpc) is 2.92. The molecule has 1 fully saturated rings. The van der Waals surface area contributed by atoms with Gasteiger partial charge < -0.3 is 5.32 Å². The largest absolute Gasteiger partial charge is 0.316 e. The monoisotopic (exact) mass is 293 g/mol. The summed E-state index contributed by atoms with van der Waals surface area (Å²) in [6.45, 7) is 11.9. The Bertz CT molecular complexity index is 377. The van der Waals surface area contributed by atoms with Crippen LogP contribution in [-0.2, 0) is 0 Å². The molecule has 1 saturated carbocycles. The van der Waals surface area contributed by atoms with Crippen molar-refractivity contribution in [2.24, 2.45) is 17.3 Å². The third-order valence-corrected chi connectivity index (χ3v) is 5.96. The summed E-state index contributed by atoms with van der Waals surface area (Å²) in [4.78, 5) is 1.61. The highest BCUT2D eigenvalue weighted by molar-refractivity contribution is 7.10. The van der Waals surface area contributed by atoms with Crippen LogP contribution in [0.3, 0.4) is 0 Å². The van der Waals surface area contributed by atoms with Gasteiger partial charge in [0.2, 0.25) is 0 Å². The molecule has 0 bridgehead atoms. The average molecular weight is 294 g/mol. The van der Waals surface area contributed by atoms with Crippen molar-refractivity contribution >= 4 is 11.3 Å². The van der Waals surface area contributed by atoms with Crippen LogP contribution in [0.4, 0.5) is 0 Å². The zero-order valence-electron chi connectivity index (χ0n) is 13.6. The minimum atomic E-state index is 0.456. The molecule has 2 heteroatoms. The van der Waals surface area contributed by atoms with Crippen LogP contribution in [-0.4, -0.2) is 13.1 Å². The minimum absolute atomic E-state index is 0.456. The number of hydrogen-bond acceptors (Lipinski definition) is 2. The lowest BCUT2D eigenvalue weighted by Gasteiger charge is -2.42. The quantitative estimate of drug-likeness (QED) is 0.727. The molecule has 0 saturated heterocycles. The van der Waals surface area contributed by atoms with Crippen molar-refractivity contribution in [1.29, 1.82) is 0 Å². The first-order valence-electron chi connectivity index (χ1n) is 8.26. The van der Waals surface area contributed by atoms with Gasteiger partial charge in [-0.15, -0.1) is 11.3 Å². The third kappa shape index (κ3) is 4.08. The molecule has 3 atom stereocenters. The maximum Gasteiger partial charge on any atom is 0.00795 e. The Hall–Kier alpha value is -0.340. The summed E-state index contributed by atoms with van der Waals surface area (Å²) < 4.78 is 0. The Labute approximate surface area is 129 Å². The molecule has 1 aromatic rings. The fraction of sp³-hybridized carbons (Fsp3) is 0.778. The minimum Gasteiger partial charge on any atom is -0.316 e. The Kier molecular flexibility index (Phi) is 5.68. The summed E-state index contributed by atoms with van der Waals surface area (Å²) in [5.41, 5.74) is 0.456. The van der Waals surface area contributed by atoms with Crippen molar-refractivity contribution in [2.45, 2.75) is 59.3 Å². The molecule has 1 aliphatic carbocycles. The van der Waals surface area contributed by atoms with Crippen LogP contribution >= 0.6 is 11.3 Å². The molecule has 20 heavy (non-hydrogen) atoms. The first kappa shape index (κ1) is 16.0. The van der Waals surface area contributed by atoms with Gasteiger partial charge in [0.05, 0.1) is 0 Å². The summed E-state index contributed by atoms with van der Waals surface area (Å²) in [6.07, 6.45) is 5.41. The SMILES string of the molecule is CCCNCC1CCC(C(C)(C)C)CC1c1cccs1. The van der Waals surface area contributed by atoms with Crippen LogP contribution in [0.2, 0.25) is 0 Å². The summed E-state index contributed by atoms with van der Waals surface area (Å²) in [7, 11) is 0. The Morgan fingerprint density at radius 3 is 2.70 bits per heavy atom. The highest BCUT2D eigenvalue weighted by Crippen LogP contribution is 2.47. The second-order valence-corrected chi connectivity index (χ2v) is 8.44. The van der Waals surface area contributed by atoms with E-state index in [9.17, 15) is 0 Å². The highest BCUT2D eigenvalue weighted by atomic mass is 32.1. The second kappa shape index (κ2) is 7.09. The predicted molar refractivity (Wildman–Crippen MR) is 90.5 cm³/mol. The lowest BCUT2D eigenvalue weighted by atomic mass is 9.65. The van der Waals surface area contributed by atoms with E-state index in [1.54, 1.807) is 4.88 Å². The molecule has 0 radical (unpaired) electrons. The van der Waals surface area contributed by atoms with Crippen LogP contribution in [0.5, 0.6) is 0 Å². The van der Waals surface area contributed by atoms with Crippen molar-refractivity contribution in [3.8, 4) is 0 Å². The Morgan fingerprint density at radius 1 is 1.30 bits per heavy atom. The number of nitrogens with one attached hydrogen (secondary N) is 1. The number of rotatable bonds is 5. The van der Waals surface area contributed by atoms with Gasteiger partial charge in [0.1, 0.15) is 0 Å². The summed E-state index contributed by atoms with van der Waals surface area (Å²) in [5.74, 6) is 2.48. The van der Waals surface area contributed by atoms with Crippen molar-refractivity contribution in [1.82, 2.24) is 5.32 Å². The molecule has 0 aliphatic heterocycles. The molecule has 3 unspecified atom stereocenters. The predicted octanol–water partition coefficient (Wildman–Crippen LogP) is 5.29. The zero-order valence-corrected chi connectivity index (χ0v) is 14.4. The molecule has 114 valence electrons. The Balaban J connectivity index is 2.05. The van der Waals surface area contributed by atoms with Gasteiger partial charge in [-0.25, -0.2) is 0 Å². The van der Waals surface area contributed by atoms with Gasteiger partial charge in [-0.05, 0) is 73.4 Å². The standard InChI is InChI=1S/C18H31NS/c1-5-10-19-13-14-8-9-15(18(2,3)4)12-16(14)17-7-6-11-20-17/h6-7,11,14-16,19H,5,8-10,12-13H2,1-4H3. The second-order valence-electron chi connectivity index (χ2n) is 7.46. The van der Waals surface area contributed by atoms with Crippen LogP contribution in [0.1, 0.15) is 64.2 Å². The highest BCUT2D eigenvalue weighted by Gasteiger charge is 2.36. The summed E-state index contributed by atoms with van der Waals surface area (Å²) in [6, 6.07) is 4.57. The van der Waals surface area contributed by atoms with E-state index < -0.39 is 0 Å². The van der Waals surface area contributed by atoms with Gasteiger partial charge in [-0.1, -0.05) is 33.8 Å². The lowest BCUT2D eigenvalue weighted by molar-refractivity contribution is 0.130. The molecule has 0 amide bonds. The van der Waals surface area contributed by atoms with E-state index >= 15 is 0 Å². The van der Waals surface area contributed by atoms with E-state index in [0.29, 0.717) is 5.41 Å². The molecular weight excluding hydrogens is 262 g/mol. The molecule has 1 heterocycles. The van der Waals surface area contributed by atoms with Crippen LogP contribution in [0.25, 0.3) is 0 Å². The molecule has 2 rings (SSSR count). The smallest absolute Gasteiger partial charge is 0.00795 e. The van der Waals surface area contributed by atoms with Crippen molar-refractivity contribution in [2.75, 3.05) is 13.1 Å². The molecule has 1 nitrogen and oxygen atoms in total. The molecule has 0 spiro atoms. The molecule has 1 N–H and O–H groups in total. The molecule has 1 aliphatic rings. The molecule has 0 aromatic carbocycles. The number of hydrogen-bond donors (Lipinski definition) is 1. The van der Waals surface area contributed by atoms with Gasteiger partial charge in [0.15, 0.2) is 0 Å². The van der Waals surface area contributed by atoms with Crippen molar-refractivity contribution in [3.63, 3.8) is 0 Å². The van der Waals surface area contributed by atoms with Gasteiger partial charge in [0, 0.05) is 4.88 Å². The normalized spacial score (nSPS) is 27.7. The van der Waals surface area contributed by atoms with E-state index in [4.69, 9.17) is 0 Å². The maximum atomic E-state index is 3.65. The third-order valence-electron chi connectivity index (χ3n) is 4.96. The van der Waals surface area contributed by atoms with E-state index in [1.807, 2.05) is 11.3 Å². The van der Waals surface area contributed by atoms with Gasteiger partial charge in [-0.2, -0.15) is 0 Å². The zero-order chi connectivity index (χ0) is 14.6. The van der Waals surface area contributed by atoms with Crippen molar-refractivity contribution < 1.29 is 0 Å².